The molecule has 8 aliphatic rings. The molecular weight excluding hydrogens is 951 g/mol. The Morgan fingerprint density at radius 2 is 1.79 bits per heavy atom. The van der Waals surface area contributed by atoms with E-state index in [1.165, 1.54) is 11.1 Å². The highest BCUT2D eigenvalue weighted by atomic mass is 16.5. The first-order valence-corrected chi connectivity index (χ1v) is 28.9. The third-order valence-corrected chi connectivity index (χ3v) is 19.8. The van der Waals surface area contributed by atoms with Crippen molar-refractivity contribution in [3.8, 4) is 29.1 Å². The zero-order valence-electron chi connectivity index (χ0n) is 44.9. The summed E-state index contributed by atoms with van der Waals surface area (Å²) in [6.07, 6.45) is 23.1. The molecule has 0 amide bonds. The van der Waals surface area contributed by atoms with Crippen molar-refractivity contribution < 1.29 is 39.8 Å². The van der Waals surface area contributed by atoms with Crippen LogP contribution in [0.15, 0.2) is 89.0 Å². The van der Waals surface area contributed by atoms with Gasteiger partial charge in [-0.3, -0.25) is 4.79 Å². The van der Waals surface area contributed by atoms with Gasteiger partial charge in [-0.15, -0.1) is 0 Å². The number of phenols is 2. The molecule has 10 atom stereocenters. The van der Waals surface area contributed by atoms with Crippen LogP contribution in [0.4, 0.5) is 0 Å². The summed E-state index contributed by atoms with van der Waals surface area (Å²) in [4.78, 5) is 19.7. The number of nitrogens with two attached hydrogens (primary N) is 1. The van der Waals surface area contributed by atoms with Crippen LogP contribution in [-0.4, -0.2) is 82.5 Å². The number of aliphatic hydroxyl groups is 3. The first-order valence-electron chi connectivity index (χ1n) is 28.9. The number of ketones is 1. The molecule has 11 nitrogen and oxygen atoms in total. The van der Waals surface area contributed by atoms with Gasteiger partial charge >= 0.3 is 0 Å². The first kappa shape index (κ1) is 52.7. The zero-order chi connectivity index (χ0) is 52.8. The summed E-state index contributed by atoms with van der Waals surface area (Å²) in [5.74, 6) is 7.31. The molecule has 0 unspecified atom stereocenters. The topological polar surface area (TPSA) is 187 Å². The number of aliphatic imine (C=N–C) groups is 1. The van der Waals surface area contributed by atoms with Crippen LogP contribution in [0.3, 0.4) is 0 Å². The van der Waals surface area contributed by atoms with Gasteiger partial charge in [-0.25, -0.2) is 4.99 Å². The van der Waals surface area contributed by atoms with Crippen molar-refractivity contribution in [1.29, 1.82) is 0 Å². The van der Waals surface area contributed by atoms with Crippen LogP contribution in [-0.2, 0) is 27.9 Å². The Morgan fingerprint density at radius 3 is 2.57 bits per heavy atom. The number of rotatable bonds is 11. The number of guanidine groups is 1. The second-order valence-electron chi connectivity index (χ2n) is 24.5. The van der Waals surface area contributed by atoms with E-state index in [-0.39, 0.29) is 85.3 Å². The van der Waals surface area contributed by atoms with E-state index in [9.17, 15) is 30.3 Å². The average Bonchev–Trinajstić information content (AvgIpc) is 4.02. The Hall–Kier alpha value is -5.38. The smallest absolute Gasteiger partial charge is 0.189 e. The zero-order valence-corrected chi connectivity index (χ0v) is 44.9. The lowest BCUT2D eigenvalue weighted by molar-refractivity contribution is -0.114. The van der Waals surface area contributed by atoms with Crippen molar-refractivity contribution in [3.63, 3.8) is 0 Å². The Kier molecular flexibility index (Phi) is 15.1. The highest BCUT2D eigenvalue weighted by Gasteiger charge is 2.65. The van der Waals surface area contributed by atoms with E-state index in [1.807, 2.05) is 24.3 Å². The van der Waals surface area contributed by atoms with E-state index in [4.69, 9.17) is 20.2 Å². The maximum Gasteiger partial charge on any atom is 0.189 e. The lowest BCUT2D eigenvalue weighted by Gasteiger charge is -2.64. The number of aromatic hydroxyl groups is 2. The second kappa shape index (κ2) is 21.8. The lowest BCUT2D eigenvalue weighted by atomic mass is 9.40. The van der Waals surface area contributed by atoms with Gasteiger partial charge in [0.25, 0.3) is 0 Å². The Bertz CT molecular complexity index is 2860. The van der Waals surface area contributed by atoms with Gasteiger partial charge in [0, 0.05) is 66.8 Å². The molecule has 3 aromatic rings. The number of benzene rings is 3. The summed E-state index contributed by atoms with van der Waals surface area (Å²) >= 11 is 0. The highest BCUT2D eigenvalue weighted by molar-refractivity contribution is 5.90. The van der Waals surface area contributed by atoms with Gasteiger partial charge in [-0.1, -0.05) is 92.2 Å². The fraction of sp³-hybridized carbons (Fsp3) is 0.569. The first-order chi connectivity index (χ1) is 36.9. The number of aliphatic hydroxyl groups excluding tert-OH is 3. The van der Waals surface area contributed by atoms with Gasteiger partial charge < -0.3 is 46.1 Å². The maximum atomic E-state index is 14.3. The van der Waals surface area contributed by atoms with Crippen LogP contribution in [0.5, 0.6) is 17.2 Å². The molecule has 1 heterocycles. The molecule has 404 valence electrons. The Labute approximate surface area is 450 Å². The number of methoxy groups -OCH3 is 1. The predicted molar refractivity (Wildman–Crippen MR) is 296 cm³/mol. The number of nitrogens with zero attached hydrogens (tertiary/aromatic N) is 1. The minimum atomic E-state index is -0.923. The number of allylic oxidation sites excluding steroid dienone is 3. The molecule has 2 spiro atoms. The maximum absolute atomic E-state index is 14.3. The monoisotopic (exact) mass is 1030 g/mol. The molecule has 1 aliphatic heterocycles. The van der Waals surface area contributed by atoms with Gasteiger partial charge in [0.05, 0.1) is 37.0 Å². The standard InChI is InChI=1S/C65H81N3O8/c1-40-26-54-45-28-42(30-50(73)31-45)27-41-12-10-14-47(29-41)65(23-8-3-9-24-65)68-62(66)67-48-15-11-19-53-43(20-21-49(72)32-46(38-70)52-18-7-4-13-44(52)37-69)33-57(76-51-16-5-6-17-51)61(74)58(53)60-59-56(75-2)22-25-64(60,34-40)55(54)36-63(59,35-48)39-71/h4,10,12-14,28-33,36,40,44,48,51-52,54,56,59-60,69-71,73-74H,3,5-9,15-18,20-27,34-35,37-39H2,1-2H3,(H3,66,67,68)/b46-32+/t40-,44+,48+,52-,54+,56+,59-,60-,63+,64+/m0/s1. The number of nitrogens with one attached hydrogen (secondary N) is 1. The largest absolute Gasteiger partial charge is 0.508 e. The molecule has 11 heteroatoms. The predicted octanol–water partition coefficient (Wildman–Crippen LogP) is 10.2. The van der Waals surface area contributed by atoms with Crippen LogP contribution in [0.1, 0.15) is 173 Å². The molecule has 0 aromatic heterocycles. The fourth-order valence-electron chi connectivity index (χ4n) is 16.5. The van der Waals surface area contributed by atoms with E-state index < -0.39 is 28.3 Å². The fourth-order valence-corrected chi connectivity index (χ4v) is 16.5. The summed E-state index contributed by atoms with van der Waals surface area (Å²) in [6.45, 7) is 1.81. The molecule has 76 heavy (non-hydrogen) atoms. The average molecular weight is 1030 g/mol. The summed E-state index contributed by atoms with van der Waals surface area (Å²) in [5, 5.41) is 62.4. The van der Waals surface area contributed by atoms with Gasteiger partial charge in [0.15, 0.2) is 23.2 Å². The molecule has 4 fully saturated rings. The molecule has 7 aliphatic carbocycles. The molecular formula is C65H81N3O8. The van der Waals surface area contributed by atoms with Crippen molar-refractivity contribution in [3.05, 3.63) is 123 Å². The number of carbonyl (C=O) groups is 1. The van der Waals surface area contributed by atoms with Crippen LogP contribution in [0, 0.1) is 46.3 Å². The molecule has 3 aromatic carbocycles. The van der Waals surface area contributed by atoms with Gasteiger partial charge in [-0.2, -0.15) is 0 Å². The van der Waals surface area contributed by atoms with Crippen molar-refractivity contribution in [1.82, 2.24) is 5.32 Å². The second-order valence-corrected chi connectivity index (χ2v) is 24.5. The molecule has 8 N–H and O–H groups in total. The number of aryl methyl sites for hydroxylation is 1. The van der Waals surface area contributed by atoms with Crippen LogP contribution in [0.25, 0.3) is 0 Å². The Balaban J connectivity index is 1.14. The van der Waals surface area contributed by atoms with E-state index >= 15 is 0 Å². The van der Waals surface area contributed by atoms with Crippen LogP contribution >= 0.6 is 0 Å². The number of phenolic OH excluding ortho intramolecular Hbond substituents is 2. The van der Waals surface area contributed by atoms with Gasteiger partial charge in [0.2, 0.25) is 0 Å². The minimum Gasteiger partial charge on any atom is -0.508 e. The summed E-state index contributed by atoms with van der Waals surface area (Å²) in [6, 6.07) is 16.5. The summed E-state index contributed by atoms with van der Waals surface area (Å²) < 4.78 is 13.6. The summed E-state index contributed by atoms with van der Waals surface area (Å²) in [7, 11) is 1.78. The molecule has 11 rings (SSSR count). The van der Waals surface area contributed by atoms with Crippen molar-refractivity contribution in [2.45, 2.75) is 171 Å². The normalized spacial score (nSPS) is 31.8. The van der Waals surface area contributed by atoms with E-state index in [1.54, 1.807) is 13.2 Å². The van der Waals surface area contributed by atoms with Crippen molar-refractivity contribution >= 4 is 11.7 Å². The third-order valence-electron chi connectivity index (χ3n) is 19.8. The molecule has 10 bridgehead atoms. The number of fused-ring (bicyclic) bond motifs is 8. The number of ether oxygens (including phenoxy) is 2. The van der Waals surface area contributed by atoms with Gasteiger partial charge in [-0.05, 0) is 171 Å². The van der Waals surface area contributed by atoms with E-state index in [2.05, 4.69) is 66.6 Å². The number of hydrogen-bond acceptors (Lipinski definition) is 11. The van der Waals surface area contributed by atoms with Crippen LogP contribution < -0.4 is 15.8 Å². The molecule has 0 radical (unpaired) electrons. The van der Waals surface area contributed by atoms with Crippen LogP contribution in [0.2, 0.25) is 0 Å². The van der Waals surface area contributed by atoms with Gasteiger partial charge in [0.1, 0.15) is 5.75 Å². The molecule has 0 saturated heterocycles. The number of carbonyl (C=O) groups excluding carboxylic acids is 1. The minimum absolute atomic E-state index is 0.0599. The van der Waals surface area contributed by atoms with Crippen molar-refractivity contribution in [2.75, 3.05) is 26.9 Å². The Morgan fingerprint density at radius 1 is 0.961 bits per heavy atom. The van der Waals surface area contributed by atoms with E-state index in [0.717, 1.165) is 119 Å². The third kappa shape index (κ3) is 9.83. The van der Waals surface area contributed by atoms with E-state index in [0.29, 0.717) is 54.1 Å². The lowest BCUT2D eigenvalue weighted by Crippen LogP contribution is -2.59. The van der Waals surface area contributed by atoms with Crippen molar-refractivity contribution in [2.24, 2.45) is 45.2 Å². The molecule has 4 saturated carbocycles. The highest BCUT2D eigenvalue weighted by Crippen LogP contribution is 2.72. The SMILES string of the molecule is CO[C@@H]1CC[C@@]23C[C@@H](C)C[C@H]4C2=C[C@@]2(CO)C[C@@H](CC#Cc5c(CCC(=O)/C=C(\CO)[C@H]6CCC=C[C@@H]6CO)cc(OC6CCCC6)c(O)c5[C@H]3[C@H]12)N=C(N)NC1(CCCCC1)c1cccc(c1)Cc1cc(O)cc4c1. The summed E-state index contributed by atoms with van der Waals surface area (Å²) in [5.41, 5.74) is 13.8. The quantitative estimate of drug-likeness (QED) is 0.0554. The number of hydrogen-bond donors (Lipinski definition) is 7.